The topological polar surface area (TPSA) is 66.8 Å². The van der Waals surface area contributed by atoms with Gasteiger partial charge in [-0.3, -0.25) is 4.79 Å². The van der Waals surface area contributed by atoms with Crippen LogP contribution in [0.5, 0.6) is 0 Å². The molecule has 0 aliphatic carbocycles. The number of methoxy groups -OCH3 is 1. The number of carbonyl (C=O) groups is 2. The highest BCUT2D eigenvalue weighted by Crippen LogP contribution is 2.49. The fourth-order valence-corrected chi connectivity index (χ4v) is 3.16. The van der Waals surface area contributed by atoms with Crippen molar-refractivity contribution in [3.05, 3.63) is 35.4 Å². The molecule has 1 aromatic rings. The van der Waals surface area contributed by atoms with E-state index in [4.69, 9.17) is 0 Å². The van der Waals surface area contributed by atoms with Gasteiger partial charge in [-0.2, -0.15) is 0 Å². The largest absolute Gasteiger partial charge is 0.465 e. The summed E-state index contributed by atoms with van der Waals surface area (Å²) < 4.78 is 4.68. The van der Waals surface area contributed by atoms with Crippen LogP contribution in [0.15, 0.2) is 24.3 Å². The third kappa shape index (κ3) is 1.95. The van der Waals surface area contributed by atoms with Crippen LogP contribution in [0.2, 0.25) is 0 Å². The van der Waals surface area contributed by atoms with Crippen molar-refractivity contribution in [2.75, 3.05) is 7.11 Å². The molecule has 2 rings (SSSR count). The molecule has 0 unspecified atom stereocenters. The third-order valence-corrected chi connectivity index (χ3v) is 4.23. The van der Waals surface area contributed by atoms with Crippen LogP contribution in [0.25, 0.3) is 0 Å². The summed E-state index contributed by atoms with van der Waals surface area (Å²) in [5.74, 6) is -0.838. The van der Waals surface area contributed by atoms with E-state index < -0.39 is 17.1 Å². The smallest absolute Gasteiger partial charge is 0.337 e. The molecule has 1 fully saturated rings. The summed E-state index contributed by atoms with van der Waals surface area (Å²) in [5, 5.41) is 10.9. The molecule has 21 heavy (non-hydrogen) atoms. The van der Waals surface area contributed by atoms with Crippen molar-refractivity contribution in [2.45, 2.75) is 44.9 Å². The number of β-lactam (4-membered cyclic amide) rings is 1. The Morgan fingerprint density at radius 2 is 1.95 bits per heavy atom. The van der Waals surface area contributed by atoms with Crippen molar-refractivity contribution in [1.29, 1.82) is 0 Å². The second kappa shape index (κ2) is 4.84. The molecule has 1 N–H and O–H groups in total. The van der Waals surface area contributed by atoms with Crippen LogP contribution in [0.3, 0.4) is 0 Å². The molecular formula is C16H21NO4. The molecule has 0 bridgehead atoms. The standard InChI is InChI=1S/C16H21NO4/c1-10(2)17-14(19)16(20,15(17,3)4)12-8-6-7-11(9-12)13(18)21-5/h6-10,20H,1-5H3/t16-/m1/s1. The molecule has 1 saturated heterocycles. The normalized spacial score (nSPS) is 24.0. The summed E-state index contributed by atoms with van der Waals surface area (Å²) in [6.45, 7) is 7.45. The highest BCUT2D eigenvalue weighted by Gasteiger charge is 2.67. The second-order valence-electron chi connectivity index (χ2n) is 6.11. The van der Waals surface area contributed by atoms with Gasteiger partial charge < -0.3 is 14.7 Å². The first-order chi connectivity index (χ1) is 9.67. The summed E-state index contributed by atoms with van der Waals surface area (Å²) in [5.41, 5.74) is -1.64. The Morgan fingerprint density at radius 1 is 1.33 bits per heavy atom. The molecule has 1 aliphatic rings. The lowest BCUT2D eigenvalue weighted by molar-refractivity contribution is -0.221. The molecule has 5 nitrogen and oxygen atoms in total. The van der Waals surface area contributed by atoms with Gasteiger partial charge in [0.05, 0.1) is 18.2 Å². The lowest BCUT2D eigenvalue weighted by Gasteiger charge is -2.61. The quantitative estimate of drug-likeness (QED) is 0.680. The SMILES string of the molecule is COC(=O)c1cccc([C@@]2(O)C(=O)N(C(C)C)C2(C)C)c1. The highest BCUT2D eigenvalue weighted by molar-refractivity contribution is 5.97. The summed E-state index contributed by atoms with van der Waals surface area (Å²) in [6.07, 6.45) is 0. The number of hydrogen-bond donors (Lipinski definition) is 1. The van der Waals surface area contributed by atoms with E-state index in [1.54, 1.807) is 23.1 Å². The van der Waals surface area contributed by atoms with Gasteiger partial charge in [0.15, 0.2) is 5.60 Å². The van der Waals surface area contributed by atoms with Crippen molar-refractivity contribution in [3.8, 4) is 0 Å². The van der Waals surface area contributed by atoms with Gasteiger partial charge in [0.25, 0.3) is 5.91 Å². The van der Waals surface area contributed by atoms with Gasteiger partial charge in [-0.1, -0.05) is 12.1 Å². The first kappa shape index (κ1) is 15.5. The molecule has 1 atom stereocenters. The minimum atomic E-state index is -1.62. The molecule has 0 saturated carbocycles. The van der Waals surface area contributed by atoms with Gasteiger partial charge in [0.1, 0.15) is 0 Å². The molecule has 0 aromatic heterocycles. The van der Waals surface area contributed by atoms with Gasteiger partial charge >= 0.3 is 5.97 Å². The molecule has 1 aliphatic heterocycles. The number of ether oxygens (including phenoxy) is 1. The summed E-state index contributed by atoms with van der Waals surface area (Å²) >= 11 is 0. The van der Waals surface area contributed by atoms with E-state index in [1.165, 1.54) is 13.2 Å². The maximum absolute atomic E-state index is 12.5. The average molecular weight is 291 g/mol. The van der Waals surface area contributed by atoms with E-state index in [0.717, 1.165) is 0 Å². The van der Waals surface area contributed by atoms with Crippen LogP contribution >= 0.6 is 0 Å². The van der Waals surface area contributed by atoms with Crippen LogP contribution in [0.1, 0.15) is 43.6 Å². The number of carbonyl (C=O) groups excluding carboxylic acids is 2. The van der Waals surface area contributed by atoms with Crippen LogP contribution in [-0.4, -0.2) is 40.6 Å². The van der Waals surface area contributed by atoms with E-state index in [0.29, 0.717) is 11.1 Å². The van der Waals surface area contributed by atoms with Crippen LogP contribution in [-0.2, 0) is 15.1 Å². The zero-order chi connectivity index (χ0) is 16.0. The minimum absolute atomic E-state index is 0.00318. The first-order valence-corrected chi connectivity index (χ1v) is 6.93. The van der Waals surface area contributed by atoms with Crippen LogP contribution in [0, 0.1) is 0 Å². The van der Waals surface area contributed by atoms with E-state index in [2.05, 4.69) is 4.74 Å². The van der Waals surface area contributed by atoms with Crippen molar-refractivity contribution < 1.29 is 19.4 Å². The molecule has 0 radical (unpaired) electrons. The second-order valence-corrected chi connectivity index (χ2v) is 6.11. The van der Waals surface area contributed by atoms with E-state index in [1.807, 2.05) is 27.7 Å². The predicted octanol–water partition coefficient (Wildman–Crippen LogP) is 1.69. The van der Waals surface area contributed by atoms with E-state index in [9.17, 15) is 14.7 Å². The third-order valence-electron chi connectivity index (χ3n) is 4.23. The number of benzene rings is 1. The molecule has 114 valence electrons. The Balaban J connectivity index is 2.47. The fraction of sp³-hybridized carbons (Fsp3) is 0.500. The Morgan fingerprint density at radius 3 is 2.43 bits per heavy atom. The number of likely N-dealkylation sites (tertiary alicyclic amines) is 1. The number of nitrogens with zero attached hydrogens (tertiary/aromatic N) is 1. The molecule has 0 spiro atoms. The van der Waals surface area contributed by atoms with E-state index >= 15 is 0 Å². The molecule has 1 aromatic carbocycles. The van der Waals surface area contributed by atoms with Crippen molar-refractivity contribution in [1.82, 2.24) is 4.90 Å². The summed E-state index contributed by atoms with van der Waals surface area (Å²) in [4.78, 5) is 25.7. The zero-order valence-corrected chi connectivity index (χ0v) is 13.0. The van der Waals surface area contributed by atoms with Crippen molar-refractivity contribution in [3.63, 3.8) is 0 Å². The number of amides is 1. The van der Waals surface area contributed by atoms with Crippen LogP contribution < -0.4 is 0 Å². The number of rotatable bonds is 3. The van der Waals surface area contributed by atoms with Gasteiger partial charge in [-0.05, 0) is 45.4 Å². The van der Waals surface area contributed by atoms with Gasteiger partial charge in [-0.15, -0.1) is 0 Å². The minimum Gasteiger partial charge on any atom is -0.465 e. The Kier molecular flexibility index (Phi) is 3.58. The molecular weight excluding hydrogens is 270 g/mol. The predicted molar refractivity (Wildman–Crippen MR) is 77.7 cm³/mol. The van der Waals surface area contributed by atoms with Gasteiger partial charge in [0.2, 0.25) is 0 Å². The number of hydrogen-bond acceptors (Lipinski definition) is 4. The van der Waals surface area contributed by atoms with Crippen LogP contribution in [0.4, 0.5) is 0 Å². The fourth-order valence-electron chi connectivity index (χ4n) is 3.16. The molecule has 5 heteroatoms. The van der Waals surface area contributed by atoms with Gasteiger partial charge in [0, 0.05) is 6.04 Å². The zero-order valence-electron chi connectivity index (χ0n) is 13.0. The first-order valence-electron chi connectivity index (χ1n) is 6.93. The molecule has 1 amide bonds. The maximum atomic E-state index is 12.5. The van der Waals surface area contributed by atoms with E-state index in [-0.39, 0.29) is 11.9 Å². The number of aliphatic hydroxyl groups is 1. The summed E-state index contributed by atoms with van der Waals surface area (Å²) in [6, 6.07) is 6.40. The Hall–Kier alpha value is -1.88. The number of esters is 1. The lowest BCUT2D eigenvalue weighted by atomic mass is 9.66. The Labute approximate surface area is 124 Å². The molecule has 1 heterocycles. The maximum Gasteiger partial charge on any atom is 0.337 e. The van der Waals surface area contributed by atoms with Crippen molar-refractivity contribution in [2.24, 2.45) is 0 Å². The monoisotopic (exact) mass is 291 g/mol. The van der Waals surface area contributed by atoms with Gasteiger partial charge in [-0.25, -0.2) is 4.79 Å². The van der Waals surface area contributed by atoms with Crippen molar-refractivity contribution >= 4 is 11.9 Å². The summed E-state index contributed by atoms with van der Waals surface area (Å²) in [7, 11) is 1.29. The highest BCUT2D eigenvalue weighted by atomic mass is 16.5. The lowest BCUT2D eigenvalue weighted by Crippen LogP contribution is -2.79. The average Bonchev–Trinajstić information content (AvgIpc) is 2.44. The Bertz CT molecular complexity index is 594.